The molecule has 1 N–H and O–H groups in total. The molecule has 0 spiro atoms. The topological polar surface area (TPSA) is 20.2 Å². The summed E-state index contributed by atoms with van der Waals surface area (Å²) in [5.41, 5.74) is 2.10. The molecule has 124 valence electrons. The first-order chi connectivity index (χ1) is 9.58. The molecule has 1 heteroatoms. The van der Waals surface area contributed by atoms with E-state index in [4.69, 9.17) is 5.11 Å². The molecule has 0 fully saturated rings. The van der Waals surface area contributed by atoms with E-state index in [1.807, 2.05) is 13.8 Å². The van der Waals surface area contributed by atoms with Gasteiger partial charge >= 0.3 is 0 Å². The summed E-state index contributed by atoms with van der Waals surface area (Å²) in [6.07, 6.45) is 0.896. The van der Waals surface area contributed by atoms with Gasteiger partial charge in [-0.2, -0.15) is 0 Å². The van der Waals surface area contributed by atoms with Crippen LogP contribution in [0.25, 0.3) is 0 Å². The van der Waals surface area contributed by atoms with Crippen molar-refractivity contribution in [3.8, 4) is 0 Å². The minimum Gasteiger partial charge on any atom is -0.396 e. The van der Waals surface area contributed by atoms with Gasteiger partial charge in [0.15, 0.2) is 0 Å². The first kappa shape index (κ1) is 22.5. The molecule has 1 unspecified atom stereocenters. The maximum atomic E-state index is 8.40. The quantitative estimate of drug-likeness (QED) is 0.680. The third-order valence-electron chi connectivity index (χ3n) is 3.46. The summed E-state index contributed by atoms with van der Waals surface area (Å²) >= 11 is 0. The van der Waals surface area contributed by atoms with Crippen LogP contribution in [0.2, 0.25) is 0 Å². The molecule has 1 rings (SSSR count). The lowest BCUT2D eigenvalue weighted by Crippen LogP contribution is -2.14. The molecule has 0 aliphatic carbocycles. The molecule has 1 aromatic carbocycles. The summed E-state index contributed by atoms with van der Waals surface area (Å²) in [5.74, 6) is 0.624. The number of benzene rings is 1. The molecule has 21 heavy (non-hydrogen) atoms. The highest BCUT2D eigenvalue weighted by atomic mass is 16.3. The van der Waals surface area contributed by atoms with Crippen LogP contribution in [-0.4, -0.2) is 11.7 Å². The smallest absolute Gasteiger partial charge is 0.0436 e. The summed E-state index contributed by atoms with van der Waals surface area (Å²) in [6, 6.07) is 10.7. The third-order valence-corrected chi connectivity index (χ3v) is 3.46. The summed E-state index contributed by atoms with van der Waals surface area (Å²) in [4.78, 5) is 0. The maximum Gasteiger partial charge on any atom is 0.0436 e. The zero-order valence-corrected chi connectivity index (χ0v) is 15.8. The maximum absolute atomic E-state index is 8.40. The van der Waals surface area contributed by atoms with Crippen LogP contribution < -0.4 is 0 Å². The minimum atomic E-state index is 0.300. The van der Waals surface area contributed by atoms with Crippen LogP contribution in [0.5, 0.6) is 0 Å². The van der Waals surface area contributed by atoms with Gasteiger partial charge in [-0.15, -0.1) is 0 Å². The van der Waals surface area contributed by atoms with E-state index in [1.54, 1.807) is 0 Å². The van der Waals surface area contributed by atoms with Crippen molar-refractivity contribution in [2.75, 3.05) is 6.61 Å². The Hall–Kier alpha value is -0.820. The molecular weight excluding hydrogens is 256 g/mol. The average molecular weight is 295 g/mol. The molecular formula is C20H38O. The van der Waals surface area contributed by atoms with Crippen molar-refractivity contribution in [3.63, 3.8) is 0 Å². The van der Waals surface area contributed by atoms with Crippen molar-refractivity contribution >= 4 is 0 Å². The molecule has 1 aromatic rings. The monoisotopic (exact) mass is 294 g/mol. The Kier molecular flexibility index (Phi) is 11.6. The van der Waals surface area contributed by atoms with Gasteiger partial charge in [-0.25, -0.2) is 0 Å². The van der Waals surface area contributed by atoms with Crippen LogP contribution in [0.15, 0.2) is 30.3 Å². The second-order valence-corrected chi connectivity index (χ2v) is 7.53. The van der Waals surface area contributed by atoms with Gasteiger partial charge in [0, 0.05) is 6.61 Å². The van der Waals surface area contributed by atoms with Gasteiger partial charge in [0.25, 0.3) is 0 Å². The Labute approximate surface area is 133 Å². The Morgan fingerprint density at radius 1 is 0.905 bits per heavy atom. The molecule has 0 saturated heterocycles. The molecule has 0 heterocycles. The van der Waals surface area contributed by atoms with Crippen molar-refractivity contribution in [2.45, 2.75) is 74.7 Å². The van der Waals surface area contributed by atoms with E-state index in [0.29, 0.717) is 23.4 Å². The molecule has 0 radical (unpaired) electrons. The van der Waals surface area contributed by atoms with E-state index >= 15 is 0 Å². The van der Waals surface area contributed by atoms with Crippen LogP contribution in [0, 0.1) is 10.8 Å². The fourth-order valence-electron chi connectivity index (χ4n) is 1.58. The van der Waals surface area contributed by atoms with Crippen molar-refractivity contribution in [1.29, 1.82) is 0 Å². The van der Waals surface area contributed by atoms with Gasteiger partial charge in [-0.3, -0.25) is 0 Å². The highest BCUT2D eigenvalue weighted by Crippen LogP contribution is 2.33. The van der Waals surface area contributed by atoms with Gasteiger partial charge < -0.3 is 5.11 Å². The predicted molar refractivity (Wildman–Crippen MR) is 96.8 cm³/mol. The van der Waals surface area contributed by atoms with E-state index in [-0.39, 0.29) is 0 Å². The third kappa shape index (κ3) is 12.6. The summed E-state index contributed by atoms with van der Waals surface area (Å²) in [7, 11) is 0. The van der Waals surface area contributed by atoms with Gasteiger partial charge in [-0.05, 0) is 28.7 Å². The molecule has 0 aliphatic heterocycles. The van der Waals surface area contributed by atoms with Gasteiger partial charge in [-0.1, -0.05) is 92.6 Å². The number of aliphatic hydroxyl groups excluding tert-OH is 1. The molecule has 0 aliphatic rings. The number of rotatable bonds is 2. The van der Waals surface area contributed by atoms with E-state index in [9.17, 15) is 0 Å². The SMILES string of the molecule is CC.CC(C)(C)CCO.CC(c1ccccc1)C(C)(C)C. The second-order valence-electron chi connectivity index (χ2n) is 7.53. The molecule has 1 nitrogen and oxygen atoms in total. The molecule has 0 bridgehead atoms. The standard InChI is InChI=1S/C12H18.C6H14O.C2H6/c1-10(12(2,3)4)11-8-6-5-7-9-11;1-6(2,3)4-5-7;1-2/h5-10H,1-4H3;7H,4-5H2,1-3H3;1-2H3. The van der Waals surface area contributed by atoms with Gasteiger partial charge in [0.05, 0.1) is 0 Å². The van der Waals surface area contributed by atoms with Gasteiger partial charge in [0.2, 0.25) is 0 Å². The summed E-state index contributed by atoms with van der Waals surface area (Å²) < 4.78 is 0. The van der Waals surface area contributed by atoms with Crippen LogP contribution in [0.1, 0.15) is 80.2 Å². The summed E-state index contributed by atoms with van der Waals surface area (Å²) in [6.45, 7) is 19.8. The highest BCUT2D eigenvalue weighted by molar-refractivity contribution is 5.20. The largest absolute Gasteiger partial charge is 0.396 e. The lowest BCUT2D eigenvalue weighted by molar-refractivity contribution is 0.225. The fourth-order valence-corrected chi connectivity index (χ4v) is 1.58. The van der Waals surface area contributed by atoms with Crippen LogP contribution in [0.4, 0.5) is 0 Å². The van der Waals surface area contributed by atoms with Crippen LogP contribution in [-0.2, 0) is 0 Å². The summed E-state index contributed by atoms with van der Waals surface area (Å²) in [5, 5.41) is 8.40. The highest BCUT2D eigenvalue weighted by Gasteiger charge is 2.20. The first-order valence-corrected chi connectivity index (χ1v) is 8.24. The average Bonchev–Trinajstić information content (AvgIpc) is 2.39. The predicted octanol–water partition coefficient (Wildman–Crippen LogP) is 6.28. The van der Waals surface area contributed by atoms with E-state index in [0.717, 1.165) is 6.42 Å². The molecule has 0 saturated carbocycles. The van der Waals surface area contributed by atoms with E-state index in [1.165, 1.54) is 5.56 Å². The fraction of sp³-hybridized carbons (Fsp3) is 0.700. The zero-order chi connectivity index (χ0) is 17.1. The number of aliphatic hydroxyl groups is 1. The van der Waals surface area contributed by atoms with Crippen molar-refractivity contribution in [1.82, 2.24) is 0 Å². The van der Waals surface area contributed by atoms with Crippen molar-refractivity contribution in [2.24, 2.45) is 10.8 Å². The van der Waals surface area contributed by atoms with Crippen molar-refractivity contribution in [3.05, 3.63) is 35.9 Å². The Morgan fingerprint density at radius 2 is 1.33 bits per heavy atom. The Balaban J connectivity index is 0. The molecule has 0 amide bonds. The Bertz CT molecular complexity index is 327. The van der Waals surface area contributed by atoms with Gasteiger partial charge in [0.1, 0.15) is 0 Å². The molecule has 0 aromatic heterocycles. The Morgan fingerprint density at radius 3 is 1.57 bits per heavy atom. The lowest BCUT2D eigenvalue weighted by atomic mass is 9.78. The number of hydrogen-bond donors (Lipinski definition) is 1. The first-order valence-electron chi connectivity index (χ1n) is 8.24. The normalized spacial score (nSPS) is 12.5. The van der Waals surface area contributed by atoms with Crippen LogP contribution >= 0.6 is 0 Å². The van der Waals surface area contributed by atoms with Crippen LogP contribution in [0.3, 0.4) is 0 Å². The van der Waals surface area contributed by atoms with Crippen molar-refractivity contribution < 1.29 is 5.11 Å². The zero-order valence-electron chi connectivity index (χ0n) is 15.8. The number of hydrogen-bond acceptors (Lipinski definition) is 1. The molecule has 1 atom stereocenters. The lowest BCUT2D eigenvalue weighted by Gasteiger charge is -2.27. The van der Waals surface area contributed by atoms with E-state index < -0.39 is 0 Å². The van der Waals surface area contributed by atoms with E-state index in [2.05, 4.69) is 78.8 Å². The minimum absolute atomic E-state index is 0.300. The second kappa shape index (κ2) is 10.8.